The Morgan fingerprint density at radius 1 is 1.19 bits per heavy atom. The molecule has 1 atom stereocenters. The molecule has 1 amide bonds. The quantitative estimate of drug-likeness (QED) is 0.901. The third-order valence-electron chi connectivity index (χ3n) is 5.59. The van der Waals surface area contributed by atoms with E-state index >= 15 is 0 Å². The first-order valence-corrected chi connectivity index (χ1v) is 9.52. The van der Waals surface area contributed by atoms with Gasteiger partial charge < -0.3 is 19.9 Å². The fraction of sp³-hybridized carbons (Fsp3) is 0.429. The Kier molecular flexibility index (Phi) is 4.99. The molecule has 1 unspecified atom stereocenters. The number of benzene rings is 1. The lowest BCUT2D eigenvalue weighted by molar-refractivity contribution is -0.117. The molecule has 0 bridgehead atoms. The first-order chi connectivity index (χ1) is 13.2. The fourth-order valence-electron chi connectivity index (χ4n) is 4.00. The maximum atomic E-state index is 12.9. The highest BCUT2D eigenvalue weighted by molar-refractivity contribution is 5.97. The van der Waals surface area contributed by atoms with Crippen molar-refractivity contribution in [1.29, 1.82) is 0 Å². The molecule has 27 heavy (non-hydrogen) atoms. The Morgan fingerprint density at radius 3 is 2.70 bits per heavy atom. The second-order valence-corrected chi connectivity index (χ2v) is 7.31. The smallest absolute Gasteiger partial charge is 0.232 e. The van der Waals surface area contributed by atoms with E-state index in [2.05, 4.69) is 33.2 Å². The predicted molar refractivity (Wildman–Crippen MR) is 107 cm³/mol. The van der Waals surface area contributed by atoms with Crippen LogP contribution in [0.3, 0.4) is 0 Å². The summed E-state index contributed by atoms with van der Waals surface area (Å²) >= 11 is 0. The normalized spacial score (nSPS) is 19.6. The summed E-state index contributed by atoms with van der Waals surface area (Å²) in [5.41, 5.74) is 2.97. The van der Waals surface area contributed by atoms with Crippen molar-refractivity contribution in [3.8, 4) is 5.75 Å². The van der Waals surface area contributed by atoms with Gasteiger partial charge in [0, 0.05) is 31.7 Å². The zero-order valence-corrected chi connectivity index (χ0v) is 15.9. The number of methoxy groups -OCH3 is 1. The van der Waals surface area contributed by atoms with Crippen LogP contribution >= 0.6 is 0 Å². The van der Waals surface area contributed by atoms with Gasteiger partial charge in [-0.3, -0.25) is 4.79 Å². The molecule has 0 spiro atoms. The van der Waals surface area contributed by atoms with Crippen LogP contribution in [0, 0.1) is 0 Å². The number of carbonyl (C=O) groups excluding carboxylic acids is 1. The summed E-state index contributed by atoms with van der Waals surface area (Å²) in [6, 6.07) is 9.92. The monoisotopic (exact) mass is 366 g/mol. The Morgan fingerprint density at radius 2 is 2.00 bits per heavy atom. The van der Waals surface area contributed by atoms with Crippen LogP contribution in [0.2, 0.25) is 0 Å². The third-order valence-corrected chi connectivity index (χ3v) is 5.59. The highest BCUT2D eigenvalue weighted by Crippen LogP contribution is 2.40. The van der Waals surface area contributed by atoms with Crippen LogP contribution in [-0.4, -0.2) is 56.1 Å². The second-order valence-electron chi connectivity index (χ2n) is 7.31. The number of nitrogens with zero attached hydrogens (tertiary/aromatic N) is 3. The third kappa shape index (κ3) is 3.62. The molecule has 1 saturated heterocycles. The van der Waals surface area contributed by atoms with E-state index in [1.165, 1.54) is 5.56 Å². The van der Waals surface area contributed by atoms with Crippen LogP contribution in [0.25, 0.3) is 0 Å². The molecule has 6 nitrogen and oxygen atoms in total. The number of anilines is 2. The van der Waals surface area contributed by atoms with Crippen LogP contribution in [0.5, 0.6) is 5.75 Å². The number of aromatic nitrogens is 1. The lowest BCUT2D eigenvalue weighted by atomic mass is 9.99. The summed E-state index contributed by atoms with van der Waals surface area (Å²) in [5, 5.41) is 3.03. The number of nitrogens with one attached hydrogen (secondary N) is 1. The van der Waals surface area contributed by atoms with Gasteiger partial charge in [0.25, 0.3) is 0 Å². The van der Waals surface area contributed by atoms with E-state index in [9.17, 15) is 4.79 Å². The first kappa shape index (κ1) is 17.8. The van der Waals surface area contributed by atoms with Crippen molar-refractivity contribution in [1.82, 2.24) is 9.88 Å². The molecule has 1 N–H and O–H groups in total. The van der Waals surface area contributed by atoms with E-state index in [-0.39, 0.29) is 11.8 Å². The van der Waals surface area contributed by atoms with Crippen molar-refractivity contribution < 1.29 is 9.53 Å². The van der Waals surface area contributed by atoms with Crippen LogP contribution in [0.1, 0.15) is 23.5 Å². The number of ether oxygens (including phenoxy) is 1. The van der Waals surface area contributed by atoms with Gasteiger partial charge in [-0.1, -0.05) is 12.1 Å². The SMILES string of the molecule is COc1cccc2c1C(C(=O)Nc1ccc(N3CCN(C)CC3)nc1)CC2. The molecule has 1 aliphatic carbocycles. The molecule has 4 rings (SSSR count). The van der Waals surface area contributed by atoms with E-state index in [0.29, 0.717) is 0 Å². The summed E-state index contributed by atoms with van der Waals surface area (Å²) in [4.78, 5) is 22.0. The molecule has 2 aliphatic rings. The van der Waals surface area contributed by atoms with Crippen molar-refractivity contribution >= 4 is 17.4 Å². The minimum Gasteiger partial charge on any atom is -0.496 e. The molecule has 2 heterocycles. The Balaban J connectivity index is 1.44. The van der Waals surface area contributed by atoms with Crippen LogP contribution < -0.4 is 15.0 Å². The van der Waals surface area contributed by atoms with Gasteiger partial charge in [-0.15, -0.1) is 0 Å². The maximum absolute atomic E-state index is 12.9. The second kappa shape index (κ2) is 7.56. The van der Waals surface area contributed by atoms with Gasteiger partial charge in [-0.25, -0.2) is 4.98 Å². The van der Waals surface area contributed by atoms with E-state index in [4.69, 9.17) is 4.74 Å². The van der Waals surface area contributed by atoms with E-state index in [1.54, 1.807) is 13.3 Å². The summed E-state index contributed by atoms with van der Waals surface area (Å²) in [6.45, 7) is 4.05. The van der Waals surface area contributed by atoms with Crippen molar-refractivity contribution in [2.24, 2.45) is 0 Å². The molecular weight excluding hydrogens is 340 g/mol. The lowest BCUT2D eigenvalue weighted by Crippen LogP contribution is -2.44. The van der Waals surface area contributed by atoms with E-state index in [0.717, 1.165) is 61.8 Å². The van der Waals surface area contributed by atoms with Crippen LogP contribution in [0.15, 0.2) is 36.5 Å². The standard InChI is InChI=1S/C21H26N4O2/c1-24-10-12-25(13-11-24)19-9-7-16(14-22-19)23-21(26)17-8-6-15-4-3-5-18(27-2)20(15)17/h3-5,7,9,14,17H,6,8,10-13H2,1-2H3,(H,23,26). The van der Waals surface area contributed by atoms with Gasteiger partial charge in [-0.05, 0) is 43.7 Å². The van der Waals surface area contributed by atoms with E-state index < -0.39 is 0 Å². The molecule has 2 aromatic rings. The average Bonchev–Trinajstić information content (AvgIpc) is 3.14. The van der Waals surface area contributed by atoms with Crippen molar-refractivity contribution in [2.75, 3.05) is 50.6 Å². The van der Waals surface area contributed by atoms with Crippen molar-refractivity contribution in [3.05, 3.63) is 47.7 Å². The number of hydrogen-bond acceptors (Lipinski definition) is 5. The van der Waals surface area contributed by atoms with Crippen molar-refractivity contribution in [3.63, 3.8) is 0 Å². The summed E-state index contributed by atoms with van der Waals surface area (Å²) in [6.07, 6.45) is 3.48. The minimum atomic E-state index is -0.173. The Bertz CT molecular complexity index is 813. The van der Waals surface area contributed by atoms with Crippen LogP contribution in [0.4, 0.5) is 11.5 Å². The number of amides is 1. The zero-order chi connectivity index (χ0) is 18.8. The Labute approximate surface area is 160 Å². The highest BCUT2D eigenvalue weighted by atomic mass is 16.5. The molecule has 1 aromatic carbocycles. The number of hydrogen-bond donors (Lipinski definition) is 1. The molecule has 1 aromatic heterocycles. The molecule has 0 radical (unpaired) electrons. The number of fused-ring (bicyclic) bond motifs is 1. The highest BCUT2D eigenvalue weighted by Gasteiger charge is 2.31. The number of likely N-dealkylation sites (N-methyl/N-ethyl adjacent to an activating group) is 1. The first-order valence-electron chi connectivity index (χ1n) is 9.52. The molecule has 1 fully saturated rings. The number of rotatable bonds is 4. The molecule has 142 valence electrons. The predicted octanol–water partition coefficient (Wildman–Crippen LogP) is 2.51. The average molecular weight is 366 g/mol. The molecule has 6 heteroatoms. The van der Waals surface area contributed by atoms with Gasteiger partial charge in [0.1, 0.15) is 11.6 Å². The van der Waals surface area contributed by atoms with E-state index in [1.807, 2.05) is 24.3 Å². The summed E-state index contributed by atoms with van der Waals surface area (Å²) < 4.78 is 5.48. The number of pyridine rings is 1. The largest absolute Gasteiger partial charge is 0.496 e. The number of carbonyl (C=O) groups is 1. The van der Waals surface area contributed by atoms with Gasteiger partial charge in [0.2, 0.25) is 5.91 Å². The topological polar surface area (TPSA) is 57.7 Å². The van der Waals surface area contributed by atoms with Gasteiger partial charge in [-0.2, -0.15) is 0 Å². The zero-order valence-electron chi connectivity index (χ0n) is 15.9. The fourth-order valence-corrected chi connectivity index (χ4v) is 4.00. The van der Waals surface area contributed by atoms with Crippen LogP contribution in [-0.2, 0) is 11.2 Å². The maximum Gasteiger partial charge on any atom is 0.232 e. The van der Waals surface area contributed by atoms with Gasteiger partial charge in [0.15, 0.2) is 0 Å². The molecule has 0 saturated carbocycles. The van der Waals surface area contributed by atoms with Gasteiger partial charge in [0.05, 0.1) is 24.9 Å². The summed E-state index contributed by atoms with van der Waals surface area (Å²) in [7, 11) is 3.80. The molecule has 1 aliphatic heterocycles. The lowest BCUT2D eigenvalue weighted by Gasteiger charge is -2.33. The number of piperazine rings is 1. The van der Waals surface area contributed by atoms with Gasteiger partial charge >= 0.3 is 0 Å². The number of aryl methyl sites for hydroxylation is 1. The minimum absolute atomic E-state index is 0.00685. The molecular formula is C21H26N4O2. The Hall–Kier alpha value is -2.60. The van der Waals surface area contributed by atoms with Crippen molar-refractivity contribution in [2.45, 2.75) is 18.8 Å². The summed E-state index contributed by atoms with van der Waals surface area (Å²) in [5.74, 6) is 1.60.